The average Bonchev–Trinajstić information content (AvgIpc) is 3.64. The second kappa shape index (κ2) is 8.59. The standard InChI is InChI=1S/C30H24FN5O4/c1-15(37)33-18-7-9-19(10-8-18)36-27(38)25-24(12-16-14-32-22-5-3-2-4-20(16)22)35-30(26(25)28(36)39)21-13-17(31)6-11-23(21)34-29(30)40/h2-11,13-14,24-26,32,35H,12H2,1H3,(H,33,37)(H,34,40)/t24-,25+,26-,30+/m0/s1. The van der Waals surface area contributed by atoms with E-state index >= 15 is 0 Å². The molecule has 3 aliphatic heterocycles. The summed E-state index contributed by atoms with van der Waals surface area (Å²) in [7, 11) is 0. The van der Waals surface area contributed by atoms with Gasteiger partial charge in [-0.2, -0.15) is 0 Å². The van der Waals surface area contributed by atoms with Gasteiger partial charge in [-0.3, -0.25) is 24.5 Å². The van der Waals surface area contributed by atoms with Gasteiger partial charge in [-0.15, -0.1) is 0 Å². The minimum absolute atomic E-state index is 0.248. The lowest BCUT2D eigenvalue weighted by molar-refractivity contribution is -0.130. The van der Waals surface area contributed by atoms with Crippen LogP contribution in [0.3, 0.4) is 0 Å². The van der Waals surface area contributed by atoms with Gasteiger partial charge < -0.3 is 15.6 Å². The summed E-state index contributed by atoms with van der Waals surface area (Å²) in [6, 6.07) is 17.5. The molecule has 4 amide bonds. The first-order valence-corrected chi connectivity index (χ1v) is 13.0. The van der Waals surface area contributed by atoms with Gasteiger partial charge in [0, 0.05) is 47.0 Å². The first kappa shape index (κ1) is 24.2. The van der Waals surface area contributed by atoms with Crippen LogP contribution in [0.4, 0.5) is 21.5 Å². The van der Waals surface area contributed by atoms with E-state index in [1.807, 2.05) is 30.5 Å². The topological polar surface area (TPSA) is 123 Å². The van der Waals surface area contributed by atoms with E-state index in [0.29, 0.717) is 29.0 Å². The third kappa shape index (κ3) is 3.35. The number of benzene rings is 3. The van der Waals surface area contributed by atoms with Gasteiger partial charge in [0.05, 0.1) is 17.5 Å². The molecular weight excluding hydrogens is 513 g/mol. The van der Waals surface area contributed by atoms with Gasteiger partial charge in [0.1, 0.15) is 11.4 Å². The predicted molar refractivity (Wildman–Crippen MR) is 146 cm³/mol. The number of H-pyrrole nitrogens is 1. The summed E-state index contributed by atoms with van der Waals surface area (Å²) < 4.78 is 14.5. The summed E-state index contributed by atoms with van der Waals surface area (Å²) in [5, 5.41) is 9.80. The van der Waals surface area contributed by atoms with Crippen LogP contribution in [0.1, 0.15) is 18.1 Å². The van der Waals surface area contributed by atoms with Crippen molar-refractivity contribution >= 4 is 51.6 Å². The Hall–Kier alpha value is -4.83. The molecule has 2 fully saturated rings. The molecule has 200 valence electrons. The van der Waals surface area contributed by atoms with Crippen molar-refractivity contribution in [3.05, 3.63) is 89.9 Å². The van der Waals surface area contributed by atoms with E-state index in [4.69, 9.17) is 0 Å². The zero-order chi connectivity index (χ0) is 27.8. The highest BCUT2D eigenvalue weighted by Crippen LogP contribution is 2.54. The van der Waals surface area contributed by atoms with E-state index in [1.54, 1.807) is 24.3 Å². The van der Waals surface area contributed by atoms with Gasteiger partial charge in [0.25, 0.3) is 0 Å². The van der Waals surface area contributed by atoms with Crippen molar-refractivity contribution in [2.24, 2.45) is 11.8 Å². The van der Waals surface area contributed by atoms with Gasteiger partial charge in [-0.1, -0.05) is 18.2 Å². The summed E-state index contributed by atoms with van der Waals surface area (Å²) in [4.78, 5) is 57.7. The fraction of sp³-hybridized carbons (Fsp3) is 0.200. The average molecular weight is 538 g/mol. The third-order valence-electron chi connectivity index (χ3n) is 8.24. The number of rotatable bonds is 4. The molecule has 10 heteroatoms. The first-order valence-electron chi connectivity index (χ1n) is 13.0. The van der Waals surface area contributed by atoms with Crippen LogP contribution in [-0.4, -0.2) is 34.7 Å². The van der Waals surface area contributed by atoms with E-state index in [1.165, 1.54) is 25.1 Å². The van der Waals surface area contributed by atoms with E-state index in [9.17, 15) is 23.6 Å². The summed E-state index contributed by atoms with van der Waals surface area (Å²) in [6.07, 6.45) is 2.23. The van der Waals surface area contributed by atoms with Crippen molar-refractivity contribution in [2.45, 2.75) is 24.9 Å². The van der Waals surface area contributed by atoms with Crippen LogP contribution in [0.5, 0.6) is 0 Å². The van der Waals surface area contributed by atoms with Gasteiger partial charge in [-0.25, -0.2) is 9.29 Å². The number of hydrogen-bond donors (Lipinski definition) is 4. The number of aromatic amines is 1. The molecule has 7 rings (SSSR count). The monoisotopic (exact) mass is 537 g/mol. The highest BCUT2D eigenvalue weighted by atomic mass is 19.1. The second-order valence-corrected chi connectivity index (χ2v) is 10.5. The van der Waals surface area contributed by atoms with E-state index in [-0.39, 0.29) is 5.91 Å². The molecule has 4 N–H and O–H groups in total. The number of hydrogen-bond acceptors (Lipinski definition) is 5. The van der Waals surface area contributed by atoms with Crippen molar-refractivity contribution < 1.29 is 23.6 Å². The molecule has 0 unspecified atom stereocenters. The molecule has 0 saturated carbocycles. The molecular formula is C30H24FN5O4. The molecule has 3 aliphatic rings. The number of halogens is 1. The number of para-hydroxylation sites is 1. The number of anilines is 3. The van der Waals surface area contributed by atoms with Crippen molar-refractivity contribution in [1.82, 2.24) is 10.3 Å². The molecule has 9 nitrogen and oxygen atoms in total. The molecule has 1 aromatic heterocycles. The van der Waals surface area contributed by atoms with Gasteiger partial charge >= 0.3 is 0 Å². The van der Waals surface area contributed by atoms with Crippen LogP contribution in [0.15, 0.2) is 72.9 Å². The van der Waals surface area contributed by atoms with Crippen LogP contribution >= 0.6 is 0 Å². The summed E-state index contributed by atoms with van der Waals surface area (Å²) in [6.45, 7) is 1.39. The van der Waals surface area contributed by atoms with Crippen LogP contribution < -0.4 is 20.9 Å². The van der Waals surface area contributed by atoms with Gasteiger partial charge in [0.15, 0.2) is 0 Å². The Kier molecular flexibility index (Phi) is 5.20. The Morgan fingerprint density at radius 3 is 2.58 bits per heavy atom. The smallest absolute Gasteiger partial charge is 0.250 e. The lowest BCUT2D eigenvalue weighted by atomic mass is 9.76. The molecule has 0 radical (unpaired) electrons. The maximum atomic E-state index is 14.5. The Balaban J connectivity index is 1.34. The molecule has 0 bridgehead atoms. The van der Waals surface area contributed by atoms with E-state index in [2.05, 4.69) is 20.9 Å². The summed E-state index contributed by atoms with van der Waals surface area (Å²) in [5.41, 5.74) is 1.82. The normalized spacial score (nSPS) is 25.0. The van der Waals surface area contributed by atoms with Crippen molar-refractivity contribution in [1.29, 1.82) is 0 Å². The largest absolute Gasteiger partial charge is 0.361 e. The SMILES string of the molecule is CC(=O)Nc1ccc(N2C(=O)[C@@H]3[C@H](Cc4c[nH]c5ccccc45)N[C@@]4(C(=O)Nc5ccc(F)cc54)[C@@H]3C2=O)cc1. The fourth-order valence-electron chi connectivity index (χ4n) is 6.64. The Bertz CT molecular complexity index is 1750. The minimum atomic E-state index is -1.61. The molecule has 4 heterocycles. The molecule has 4 aromatic rings. The Morgan fingerprint density at radius 2 is 1.80 bits per heavy atom. The predicted octanol–water partition coefficient (Wildman–Crippen LogP) is 3.43. The molecule has 1 spiro atoms. The number of aromatic nitrogens is 1. The Labute approximate surface area is 227 Å². The van der Waals surface area contributed by atoms with Crippen LogP contribution in [0.25, 0.3) is 10.9 Å². The molecule has 40 heavy (non-hydrogen) atoms. The van der Waals surface area contributed by atoms with E-state index in [0.717, 1.165) is 21.4 Å². The third-order valence-corrected chi connectivity index (χ3v) is 8.24. The van der Waals surface area contributed by atoms with Crippen LogP contribution in [0.2, 0.25) is 0 Å². The number of fused-ring (bicyclic) bond motifs is 5. The highest BCUT2D eigenvalue weighted by molar-refractivity contribution is 6.26. The van der Waals surface area contributed by atoms with E-state index < -0.39 is 47.0 Å². The first-order chi connectivity index (χ1) is 19.3. The van der Waals surface area contributed by atoms with Crippen LogP contribution in [-0.2, 0) is 31.1 Å². The number of imide groups is 1. The number of nitrogens with one attached hydrogen (secondary N) is 4. The number of carbonyl (C=O) groups is 4. The number of carbonyl (C=O) groups excluding carboxylic acids is 4. The zero-order valence-electron chi connectivity index (χ0n) is 21.3. The molecule has 4 atom stereocenters. The highest BCUT2D eigenvalue weighted by Gasteiger charge is 2.70. The summed E-state index contributed by atoms with van der Waals surface area (Å²) >= 11 is 0. The van der Waals surface area contributed by atoms with Gasteiger partial charge in [-0.05, 0) is 60.5 Å². The second-order valence-electron chi connectivity index (χ2n) is 10.5. The van der Waals surface area contributed by atoms with Crippen molar-refractivity contribution in [3.63, 3.8) is 0 Å². The quantitative estimate of drug-likeness (QED) is 0.297. The maximum Gasteiger partial charge on any atom is 0.250 e. The minimum Gasteiger partial charge on any atom is -0.361 e. The van der Waals surface area contributed by atoms with Crippen molar-refractivity contribution in [3.8, 4) is 0 Å². The molecule has 3 aromatic carbocycles. The number of nitrogens with zero attached hydrogens (tertiary/aromatic N) is 1. The molecule has 0 aliphatic carbocycles. The fourth-order valence-corrected chi connectivity index (χ4v) is 6.64. The Morgan fingerprint density at radius 1 is 1.02 bits per heavy atom. The van der Waals surface area contributed by atoms with Crippen LogP contribution in [0, 0.1) is 17.7 Å². The summed E-state index contributed by atoms with van der Waals surface area (Å²) in [5.74, 6) is -4.23. The number of amides is 4. The lowest BCUT2D eigenvalue weighted by Gasteiger charge is -2.29. The molecule has 2 saturated heterocycles. The van der Waals surface area contributed by atoms with Gasteiger partial charge in [0.2, 0.25) is 23.6 Å². The zero-order valence-corrected chi connectivity index (χ0v) is 21.3. The lowest BCUT2D eigenvalue weighted by Crippen LogP contribution is -2.53. The van der Waals surface area contributed by atoms with Crippen molar-refractivity contribution in [2.75, 3.05) is 15.5 Å². The maximum absolute atomic E-state index is 14.5.